The molecular weight excluding hydrogens is 176 g/mol. The summed E-state index contributed by atoms with van der Waals surface area (Å²) in [6.07, 6.45) is 1.77. The zero-order valence-corrected chi connectivity index (χ0v) is 8.91. The Morgan fingerprint density at radius 1 is 1.43 bits per heavy atom. The van der Waals surface area contributed by atoms with Gasteiger partial charge in [0.1, 0.15) is 12.0 Å². The summed E-state index contributed by atoms with van der Waals surface area (Å²) in [5.74, 6) is 0.781. The third-order valence-electron chi connectivity index (χ3n) is 2.72. The van der Waals surface area contributed by atoms with E-state index in [2.05, 4.69) is 0 Å². The fraction of sp³-hybridized carbons (Fsp3) is 0.417. The van der Waals surface area contributed by atoms with Gasteiger partial charge in [-0.15, -0.1) is 0 Å². The number of rotatable bonds is 4. The molecule has 0 bridgehead atoms. The highest BCUT2D eigenvalue weighted by molar-refractivity contribution is 5.69. The van der Waals surface area contributed by atoms with Gasteiger partial charge in [-0.1, -0.05) is 25.1 Å². The van der Waals surface area contributed by atoms with Crippen molar-refractivity contribution in [2.45, 2.75) is 25.7 Å². The molecule has 0 N–H and O–H groups in total. The number of aldehydes is 1. The van der Waals surface area contributed by atoms with Crippen LogP contribution in [0.2, 0.25) is 0 Å². The van der Waals surface area contributed by atoms with Gasteiger partial charge in [-0.25, -0.2) is 0 Å². The quantitative estimate of drug-likeness (QED) is 0.685. The number of hydrogen-bond donors (Lipinski definition) is 0. The molecule has 0 amide bonds. The van der Waals surface area contributed by atoms with Crippen molar-refractivity contribution in [1.29, 1.82) is 0 Å². The Kier molecular flexibility index (Phi) is 3.28. The molecule has 0 aliphatic rings. The molecule has 0 spiro atoms. The molecular formula is C12H16O2. The molecule has 1 atom stereocenters. The summed E-state index contributed by atoms with van der Waals surface area (Å²) in [5, 5.41) is 0. The smallest absolute Gasteiger partial charge is 0.130 e. The fourth-order valence-corrected chi connectivity index (χ4v) is 1.45. The lowest BCUT2D eigenvalue weighted by atomic mass is 9.81. The molecule has 1 aromatic carbocycles. The minimum atomic E-state index is -0.438. The van der Waals surface area contributed by atoms with Crippen molar-refractivity contribution in [2.75, 3.05) is 7.11 Å². The van der Waals surface area contributed by atoms with E-state index < -0.39 is 5.41 Å². The molecule has 1 aromatic rings. The molecule has 1 rings (SSSR count). The van der Waals surface area contributed by atoms with Gasteiger partial charge in [0.2, 0.25) is 0 Å². The lowest BCUT2D eigenvalue weighted by Gasteiger charge is -2.23. The average Bonchev–Trinajstić information content (AvgIpc) is 2.28. The van der Waals surface area contributed by atoms with E-state index in [1.54, 1.807) is 7.11 Å². The lowest BCUT2D eigenvalue weighted by molar-refractivity contribution is -0.112. The first-order valence-corrected chi connectivity index (χ1v) is 4.77. The van der Waals surface area contributed by atoms with Crippen molar-refractivity contribution >= 4 is 6.29 Å². The molecule has 14 heavy (non-hydrogen) atoms. The number of ether oxygens (including phenoxy) is 1. The van der Waals surface area contributed by atoms with E-state index in [1.807, 2.05) is 38.1 Å². The molecule has 0 saturated carbocycles. The third kappa shape index (κ3) is 1.79. The fourth-order valence-electron chi connectivity index (χ4n) is 1.45. The topological polar surface area (TPSA) is 26.3 Å². The van der Waals surface area contributed by atoms with Gasteiger partial charge in [0, 0.05) is 5.56 Å². The predicted molar refractivity (Wildman–Crippen MR) is 56.7 cm³/mol. The van der Waals surface area contributed by atoms with Crippen LogP contribution in [0.15, 0.2) is 24.3 Å². The second kappa shape index (κ2) is 4.27. The van der Waals surface area contributed by atoms with E-state index in [0.29, 0.717) is 0 Å². The molecule has 0 radical (unpaired) electrons. The average molecular weight is 192 g/mol. The van der Waals surface area contributed by atoms with Gasteiger partial charge in [0.05, 0.1) is 12.5 Å². The summed E-state index contributed by atoms with van der Waals surface area (Å²) >= 11 is 0. The Hall–Kier alpha value is -1.31. The standard InChI is InChI=1S/C12H16O2/c1-4-12(2,9-13)10-7-5-6-8-11(10)14-3/h5-9H,4H2,1-3H3. The number of hydrogen-bond acceptors (Lipinski definition) is 2. The van der Waals surface area contributed by atoms with Crippen molar-refractivity contribution < 1.29 is 9.53 Å². The summed E-state index contributed by atoms with van der Waals surface area (Å²) in [5.41, 5.74) is 0.520. The van der Waals surface area contributed by atoms with E-state index in [1.165, 1.54) is 0 Å². The van der Waals surface area contributed by atoms with Crippen molar-refractivity contribution in [2.24, 2.45) is 0 Å². The monoisotopic (exact) mass is 192 g/mol. The second-order valence-corrected chi connectivity index (χ2v) is 3.59. The lowest BCUT2D eigenvalue weighted by Crippen LogP contribution is -2.23. The largest absolute Gasteiger partial charge is 0.496 e. The first kappa shape index (κ1) is 10.8. The van der Waals surface area contributed by atoms with Gasteiger partial charge in [0.25, 0.3) is 0 Å². The van der Waals surface area contributed by atoms with Crippen LogP contribution < -0.4 is 4.74 Å². The molecule has 0 aliphatic heterocycles. The van der Waals surface area contributed by atoms with Crippen LogP contribution in [0.25, 0.3) is 0 Å². The molecule has 76 valence electrons. The number of methoxy groups -OCH3 is 1. The molecule has 0 heterocycles. The molecule has 0 aliphatic carbocycles. The van der Waals surface area contributed by atoms with E-state index in [-0.39, 0.29) is 0 Å². The summed E-state index contributed by atoms with van der Waals surface area (Å²) in [6.45, 7) is 3.93. The minimum Gasteiger partial charge on any atom is -0.496 e. The molecule has 0 fully saturated rings. The summed E-state index contributed by atoms with van der Waals surface area (Å²) in [4.78, 5) is 11.1. The minimum absolute atomic E-state index is 0.438. The Bertz CT molecular complexity index is 320. The van der Waals surface area contributed by atoms with Gasteiger partial charge in [-0.3, -0.25) is 0 Å². The summed E-state index contributed by atoms with van der Waals surface area (Å²) < 4.78 is 5.24. The van der Waals surface area contributed by atoms with Crippen LogP contribution in [0.3, 0.4) is 0 Å². The number of benzene rings is 1. The normalized spacial score (nSPS) is 14.5. The predicted octanol–water partition coefficient (Wildman–Crippen LogP) is 2.56. The first-order chi connectivity index (χ1) is 6.68. The van der Waals surface area contributed by atoms with Crippen LogP contribution in [0, 0.1) is 0 Å². The van der Waals surface area contributed by atoms with E-state index >= 15 is 0 Å². The van der Waals surface area contributed by atoms with Gasteiger partial charge >= 0.3 is 0 Å². The van der Waals surface area contributed by atoms with Gasteiger partial charge < -0.3 is 9.53 Å². The Morgan fingerprint density at radius 3 is 2.57 bits per heavy atom. The van der Waals surface area contributed by atoms with E-state index in [9.17, 15) is 4.79 Å². The Morgan fingerprint density at radius 2 is 2.07 bits per heavy atom. The van der Waals surface area contributed by atoms with Gasteiger partial charge in [-0.2, -0.15) is 0 Å². The van der Waals surface area contributed by atoms with Crippen molar-refractivity contribution in [3.05, 3.63) is 29.8 Å². The highest BCUT2D eigenvalue weighted by Gasteiger charge is 2.26. The van der Waals surface area contributed by atoms with Crippen molar-refractivity contribution in [3.63, 3.8) is 0 Å². The number of para-hydroxylation sites is 1. The highest BCUT2D eigenvalue weighted by atomic mass is 16.5. The first-order valence-electron chi connectivity index (χ1n) is 4.77. The zero-order valence-electron chi connectivity index (χ0n) is 8.91. The number of carbonyl (C=O) groups is 1. The van der Waals surface area contributed by atoms with Crippen LogP contribution in [-0.2, 0) is 10.2 Å². The van der Waals surface area contributed by atoms with E-state index in [4.69, 9.17) is 4.74 Å². The highest BCUT2D eigenvalue weighted by Crippen LogP contribution is 2.32. The van der Waals surface area contributed by atoms with Gasteiger partial charge in [-0.05, 0) is 19.4 Å². The maximum Gasteiger partial charge on any atom is 0.130 e. The van der Waals surface area contributed by atoms with Crippen LogP contribution in [-0.4, -0.2) is 13.4 Å². The molecule has 2 nitrogen and oxygen atoms in total. The van der Waals surface area contributed by atoms with E-state index in [0.717, 1.165) is 24.0 Å². The van der Waals surface area contributed by atoms with Crippen LogP contribution in [0.4, 0.5) is 0 Å². The SMILES string of the molecule is CCC(C)(C=O)c1ccccc1OC. The second-order valence-electron chi connectivity index (χ2n) is 3.59. The maximum absolute atomic E-state index is 11.1. The van der Waals surface area contributed by atoms with Crippen molar-refractivity contribution in [3.8, 4) is 5.75 Å². The summed E-state index contributed by atoms with van der Waals surface area (Å²) in [6, 6.07) is 7.65. The molecule has 1 unspecified atom stereocenters. The Balaban J connectivity index is 3.22. The maximum atomic E-state index is 11.1. The molecule has 2 heteroatoms. The van der Waals surface area contributed by atoms with Crippen molar-refractivity contribution in [1.82, 2.24) is 0 Å². The molecule has 0 aromatic heterocycles. The van der Waals surface area contributed by atoms with Gasteiger partial charge in [0.15, 0.2) is 0 Å². The molecule has 0 saturated heterocycles. The number of carbonyl (C=O) groups excluding carboxylic acids is 1. The Labute approximate surface area is 84.9 Å². The van der Waals surface area contributed by atoms with Crippen LogP contribution >= 0.6 is 0 Å². The summed E-state index contributed by atoms with van der Waals surface area (Å²) in [7, 11) is 1.62. The van der Waals surface area contributed by atoms with Crippen LogP contribution in [0.1, 0.15) is 25.8 Å². The zero-order chi connectivity index (χ0) is 10.6. The van der Waals surface area contributed by atoms with Crippen LogP contribution in [0.5, 0.6) is 5.75 Å². The third-order valence-corrected chi connectivity index (χ3v) is 2.72.